The lowest BCUT2D eigenvalue weighted by Crippen LogP contribution is -2.01. The fraction of sp³-hybridized carbons (Fsp3) is 0.118. The summed E-state index contributed by atoms with van der Waals surface area (Å²) < 4.78 is 5.24. The molecule has 0 spiro atoms. The molecule has 0 amide bonds. The topological polar surface area (TPSA) is 42.2 Å². The van der Waals surface area contributed by atoms with Gasteiger partial charge in [0.2, 0.25) is 0 Å². The average Bonchev–Trinajstić information content (AvgIpc) is 2.45. The predicted molar refractivity (Wildman–Crippen MR) is 81.0 cm³/mol. The number of benzene rings is 2. The monoisotopic (exact) mass is 265 g/mol. The number of rotatable bonds is 3. The van der Waals surface area contributed by atoms with E-state index in [4.69, 9.17) is 4.42 Å². The van der Waals surface area contributed by atoms with Crippen LogP contribution >= 0.6 is 0 Å². The molecule has 20 heavy (non-hydrogen) atoms. The Hall–Kier alpha value is -2.55. The van der Waals surface area contributed by atoms with Gasteiger partial charge in [-0.2, -0.15) is 0 Å². The fourth-order valence-corrected chi connectivity index (χ4v) is 2.23. The molecule has 3 heteroatoms. The minimum absolute atomic E-state index is 0.310. The second-order valence-corrected chi connectivity index (χ2v) is 4.80. The van der Waals surface area contributed by atoms with Gasteiger partial charge in [-0.25, -0.2) is 4.79 Å². The lowest BCUT2D eigenvalue weighted by atomic mass is 10.1. The van der Waals surface area contributed by atoms with E-state index in [-0.39, 0.29) is 5.63 Å². The minimum Gasteiger partial charge on any atom is -0.423 e. The normalized spacial score (nSPS) is 10.7. The molecule has 0 unspecified atom stereocenters. The molecule has 3 aromatic rings. The second-order valence-electron chi connectivity index (χ2n) is 4.80. The summed E-state index contributed by atoms with van der Waals surface area (Å²) in [5, 5.41) is 4.30. The maximum atomic E-state index is 11.4. The van der Waals surface area contributed by atoms with Crippen molar-refractivity contribution in [1.82, 2.24) is 0 Å². The summed E-state index contributed by atoms with van der Waals surface area (Å²) in [5.74, 6) is 0. The van der Waals surface area contributed by atoms with Gasteiger partial charge < -0.3 is 9.73 Å². The van der Waals surface area contributed by atoms with Crippen molar-refractivity contribution in [3.63, 3.8) is 0 Å². The van der Waals surface area contributed by atoms with Crippen LogP contribution in [0, 0.1) is 6.92 Å². The van der Waals surface area contributed by atoms with E-state index in [0.29, 0.717) is 5.58 Å². The molecule has 1 N–H and O–H groups in total. The van der Waals surface area contributed by atoms with Gasteiger partial charge in [0, 0.05) is 29.8 Å². The third kappa shape index (κ3) is 2.57. The maximum absolute atomic E-state index is 11.4. The molecule has 0 aliphatic heterocycles. The van der Waals surface area contributed by atoms with E-state index in [1.807, 2.05) is 43.3 Å². The third-order valence-corrected chi connectivity index (χ3v) is 3.29. The van der Waals surface area contributed by atoms with Crippen LogP contribution in [0.3, 0.4) is 0 Å². The number of hydrogen-bond acceptors (Lipinski definition) is 3. The van der Waals surface area contributed by atoms with Gasteiger partial charge in [-0.3, -0.25) is 0 Å². The highest BCUT2D eigenvalue weighted by Gasteiger charge is 2.03. The van der Waals surface area contributed by atoms with Crippen molar-refractivity contribution in [3.05, 3.63) is 76.1 Å². The molecule has 2 aromatic carbocycles. The highest BCUT2D eigenvalue weighted by Crippen LogP contribution is 2.21. The molecular weight excluding hydrogens is 250 g/mol. The highest BCUT2D eigenvalue weighted by atomic mass is 16.4. The van der Waals surface area contributed by atoms with Crippen LogP contribution in [0.25, 0.3) is 11.0 Å². The van der Waals surface area contributed by atoms with Crippen LogP contribution in [0.1, 0.15) is 11.1 Å². The molecule has 0 fully saturated rings. The highest BCUT2D eigenvalue weighted by molar-refractivity contribution is 5.83. The first-order valence-electron chi connectivity index (χ1n) is 6.55. The van der Waals surface area contributed by atoms with Crippen molar-refractivity contribution in [3.8, 4) is 0 Å². The summed E-state index contributed by atoms with van der Waals surface area (Å²) in [6.45, 7) is 2.65. The van der Waals surface area contributed by atoms with Gasteiger partial charge in [0.15, 0.2) is 0 Å². The first-order valence-corrected chi connectivity index (χ1v) is 6.55. The van der Waals surface area contributed by atoms with Crippen LogP contribution in [0.5, 0.6) is 0 Å². The van der Waals surface area contributed by atoms with E-state index in [9.17, 15) is 4.79 Å². The fourth-order valence-electron chi connectivity index (χ4n) is 2.23. The third-order valence-electron chi connectivity index (χ3n) is 3.29. The molecule has 0 aliphatic carbocycles. The molecule has 3 rings (SSSR count). The molecule has 0 aliphatic rings. The summed E-state index contributed by atoms with van der Waals surface area (Å²) >= 11 is 0. The Morgan fingerprint density at radius 3 is 2.65 bits per heavy atom. The van der Waals surface area contributed by atoms with Crippen LogP contribution in [-0.4, -0.2) is 0 Å². The lowest BCUT2D eigenvalue weighted by molar-refractivity contribution is 0.560. The molecular formula is C17H15NO2. The molecule has 1 heterocycles. The van der Waals surface area contributed by atoms with E-state index in [1.165, 1.54) is 11.6 Å². The van der Waals surface area contributed by atoms with E-state index in [0.717, 1.165) is 23.2 Å². The van der Waals surface area contributed by atoms with Crippen molar-refractivity contribution >= 4 is 16.7 Å². The van der Waals surface area contributed by atoms with Crippen LogP contribution < -0.4 is 10.9 Å². The molecule has 0 radical (unpaired) electrons. The van der Waals surface area contributed by atoms with E-state index in [2.05, 4.69) is 17.4 Å². The van der Waals surface area contributed by atoms with Crippen molar-refractivity contribution in [2.45, 2.75) is 13.5 Å². The van der Waals surface area contributed by atoms with E-state index >= 15 is 0 Å². The maximum Gasteiger partial charge on any atom is 0.336 e. The first-order chi connectivity index (χ1) is 9.72. The van der Waals surface area contributed by atoms with E-state index in [1.54, 1.807) is 0 Å². The molecule has 1 aromatic heterocycles. The van der Waals surface area contributed by atoms with Crippen LogP contribution in [0.4, 0.5) is 5.69 Å². The van der Waals surface area contributed by atoms with Gasteiger partial charge in [0.1, 0.15) is 5.58 Å². The SMILES string of the molecule is Cc1cc(=O)oc2cc(NCc3ccccc3)ccc12. The quantitative estimate of drug-likeness (QED) is 0.734. The van der Waals surface area contributed by atoms with Crippen LogP contribution in [0.2, 0.25) is 0 Å². The largest absolute Gasteiger partial charge is 0.423 e. The zero-order valence-electron chi connectivity index (χ0n) is 11.2. The van der Waals surface area contributed by atoms with Gasteiger partial charge in [-0.1, -0.05) is 30.3 Å². The zero-order valence-corrected chi connectivity index (χ0v) is 11.2. The van der Waals surface area contributed by atoms with Crippen LogP contribution in [0.15, 0.2) is 63.8 Å². The van der Waals surface area contributed by atoms with E-state index < -0.39 is 0 Å². The first kappa shape index (κ1) is 12.5. The van der Waals surface area contributed by atoms with Gasteiger partial charge >= 0.3 is 5.63 Å². The van der Waals surface area contributed by atoms with Gasteiger partial charge in [0.25, 0.3) is 0 Å². The van der Waals surface area contributed by atoms with Gasteiger partial charge in [0.05, 0.1) is 0 Å². The zero-order chi connectivity index (χ0) is 13.9. The second kappa shape index (κ2) is 5.21. The summed E-state index contributed by atoms with van der Waals surface area (Å²) in [6, 6.07) is 17.5. The number of nitrogens with one attached hydrogen (secondary N) is 1. The Morgan fingerprint density at radius 1 is 1.05 bits per heavy atom. The summed E-state index contributed by atoms with van der Waals surface area (Å²) in [5.41, 5.74) is 3.39. The molecule has 0 saturated heterocycles. The Kier molecular flexibility index (Phi) is 3.25. The molecule has 0 atom stereocenters. The smallest absolute Gasteiger partial charge is 0.336 e. The number of aryl methyl sites for hydroxylation is 1. The summed E-state index contributed by atoms with van der Waals surface area (Å²) in [7, 11) is 0. The minimum atomic E-state index is -0.310. The Bertz CT molecular complexity index is 791. The molecule has 0 saturated carbocycles. The predicted octanol–water partition coefficient (Wildman–Crippen LogP) is 3.71. The molecule has 0 bridgehead atoms. The molecule has 100 valence electrons. The van der Waals surface area contributed by atoms with Crippen molar-refractivity contribution < 1.29 is 4.42 Å². The van der Waals surface area contributed by atoms with Crippen LogP contribution in [-0.2, 0) is 6.54 Å². The number of anilines is 1. The Balaban J connectivity index is 1.88. The van der Waals surface area contributed by atoms with Gasteiger partial charge in [-0.05, 0) is 30.2 Å². The van der Waals surface area contributed by atoms with Crippen molar-refractivity contribution in [2.75, 3.05) is 5.32 Å². The number of hydrogen-bond donors (Lipinski definition) is 1. The standard InChI is InChI=1S/C17H15NO2/c1-12-9-17(19)20-16-10-14(7-8-15(12)16)18-11-13-5-3-2-4-6-13/h2-10,18H,11H2,1H3. The lowest BCUT2D eigenvalue weighted by Gasteiger charge is -2.08. The Morgan fingerprint density at radius 2 is 1.85 bits per heavy atom. The average molecular weight is 265 g/mol. The summed E-state index contributed by atoms with van der Waals surface area (Å²) in [6.07, 6.45) is 0. The van der Waals surface area contributed by atoms with Gasteiger partial charge in [-0.15, -0.1) is 0 Å². The summed E-state index contributed by atoms with van der Waals surface area (Å²) in [4.78, 5) is 11.4. The van der Waals surface area contributed by atoms with Crippen molar-refractivity contribution in [2.24, 2.45) is 0 Å². The van der Waals surface area contributed by atoms with Crippen molar-refractivity contribution in [1.29, 1.82) is 0 Å². The Labute approximate surface area is 116 Å². The molecule has 3 nitrogen and oxygen atoms in total. The number of fused-ring (bicyclic) bond motifs is 1.